The first-order chi connectivity index (χ1) is 12.6. The summed E-state index contributed by atoms with van der Waals surface area (Å²) in [6.07, 6.45) is 2.74. The lowest BCUT2D eigenvalue weighted by atomic mass is 9.95. The first-order valence-electron chi connectivity index (χ1n) is 9.83. The van der Waals surface area contributed by atoms with E-state index in [0.29, 0.717) is 38.6 Å². The van der Waals surface area contributed by atoms with E-state index in [0.717, 1.165) is 25.9 Å². The smallest absolute Gasteiger partial charge is 0.236 e. The van der Waals surface area contributed by atoms with E-state index in [9.17, 15) is 18.0 Å². The molecule has 27 heavy (non-hydrogen) atoms. The number of nitrogens with zero attached hydrogens (tertiary/aromatic N) is 3. The Morgan fingerprint density at radius 1 is 1.00 bits per heavy atom. The van der Waals surface area contributed by atoms with Crippen molar-refractivity contribution in [1.29, 1.82) is 0 Å². The molecule has 0 aromatic heterocycles. The molecule has 0 radical (unpaired) electrons. The van der Waals surface area contributed by atoms with Crippen LogP contribution in [0.15, 0.2) is 0 Å². The minimum atomic E-state index is -3.18. The van der Waals surface area contributed by atoms with E-state index in [1.807, 2.05) is 6.92 Å². The van der Waals surface area contributed by atoms with Crippen LogP contribution in [-0.2, 0) is 19.6 Å². The number of piperazine rings is 1. The second-order valence-corrected chi connectivity index (χ2v) is 10.1. The van der Waals surface area contributed by atoms with Gasteiger partial charge >= 0.3 is 0 Å². The lowest BCUT2D eigenvalue weighted by molar-refractivity contribution is -0.134. The number of nitrogens with one attached hydrogen (secondary N) is 1. The van der Waals surface area contributed by atoms with Crippen molar-refractivity contribution in [2.75, 3.05) is 52.1 Å². The SMILES string of the molecule is CC(C)C(C)NC(=O)C1CCN(CC(=O)N2CCN(S(C)(=O)=O)CC2)CC1. The van der Waals surface area contributed by atoms with E-state index >= 15 is 0 Å². The Morgan fingerprint density at radius 3 is 2.04 bits per heavy atom. The van der Waals surface area contributed by atoms with E-state index in [1.165, 1.54) is 10.6 Å². The monoisotopic (exact) mass is 402 g/mol. The Kier molecular flexibility index (Phi) is 7.64. The molecule has 8 nitrogen and oxygen atoms in total. The highest BCUT2D eigenvalue weighted by atomic mass is 32.2. The van der Waals surface area contributed by atoms with E-state index in [4.69, 9.17) is 0 Å². The van der Waals surface area contributed by atoms with Crippen molar-refractivity contribution >= 4 is 21.8 Å². The van der Waals surface area contributed by atoms with Gasteiger partial charge in [0.05, 0.1) is 12.8 Å². The Hall–Kier alpha value is -1.19. The van der Waals surface area contributed by atoms with Gasteiger partial charge in [0.1, 0.15) is 0 Å². The second-order valence-electron chi connectivity index (χ2n) is 8.13. The molecule has 156 valence electrons. The van der Waals surface area contributed by atoms with Crippen LogP contribution < -0.4 is 5.32 Å². The van der Waals surface area contributed by atoms with E-state index in [1.54, 1.807) is 4.90 Å². The number of piperidine rings is 1. The average molecular weight is 403 g/mol. The van der Waals surface area contributed by atoms with Crippen LogP contribution in [0.25, 0.3) is 0 Å². The molecule has 2 amide bonds. The Morgan fingerprint density at radius 2 is 1.56 bits per heavy atom. The fraction of sp³-hybridized carbons (Fsp3) is 0.889. The molecule has 0 aromatic rings. The van der Waals surface area contributed by atoms with Gasteiger partial charge in [0.2, 0.25) is 21.8 Å². The summed E-state index contributed by atoms with van der Waals surface area (Å²) in [5.41, 5.74) is 0. The fourth-order valence-corrected chi connectivity index (χ4v) is 4.25. The van der Waals surface area contributed by atoms with Gasteiger partial charge in [-0.3, -0.25) is 14.5 Å². The highest BCUT2D eigenvalue weighted by molar-refractivity contribution is 7.88. The van der Waals surface area contributed by atoms with Gasteiger partial charge in [-0.1, -0.05) is 13.8 Å². The van der Waals surface area contributed by atoms with E-state index in [2.05, 4.69) is 24.1 Å². The highest BCUT2D eigenvalue weighted by Crippen LogP contribution is 2.18. The third kappa shape index (κ3) is 6.43. The third-order valence-electron chi connectivity index (χ3n) is 5.75. The maximum absolute atomic E-state index is 12.5. The quantitative estimate of drug-likeness (QED) is 0.673. The van der Waals surface area contributed by atoms with Crippen LogP contribution in [0.3, 0.4) is 0 Å². The first-order valence-corrected chi connectivity index (χ1v) is 11.7. The van der Waals surface area contributed by atoms with Gasteiger partial charge in [0.25, 0.3) is 0 Å². The van der Waals surface area contributed by atoms with Crippen LogP contribution in [0.1, 0.15) is 33.6 Å². The molecule has 0 aromatic carbocycles. The first kappa shape index (κ1) is 22.1. The summed E-state index contributed by atoms with van der Waals surface area (Å²) in [5, 5.41) is 3.09. The molecule has 0 spiro atoms. The molecule has 1 N–H and O–H groups in total. The van der Waals surface area contributed by atoms with Gasteiger partial charge in [-0.25, -0.2) is 8.42 Å². The number of hydrogen-bond acceptors (Lipinski definition) is 5. The van der Waals surface area contributed by atoms with Gasteiger partial charge < -0.3 is 10.2 Å². The number of sulfonamides is 1. The summed E-state index contributed by atoms with van der Waals surface area (Å²) < 4.78 is 24.5. The molecule has 2 aliphatic heterocycles. The Balaban J connectivity index is 1.73. The van der Waals surface area contributed by atoms with Crippen LogP contribution in [-0.4, -0.2) is 92.4 Å². The number of carbonyl (C=O) groups is 2. The molecule has 0 aliphatic carbocycles. The molecule has 0 saturated carbocycles. The van der Waals surface area contributed by atoms with Gasteiger partial charge in [-0.05, 0) is 38.8 Å². The van der Waals surface area contributed by atoms with Crippen molar-refractivity contribution in [3.05, 3.63) is 0 Å². The minimum absolute atomic E-state index is 0.0239. The zero-order chi connectivity index (χ0) is 20.2. The summed E-state index contributed by atoms with van der Waals surface area (Å²) in [5.74, 6) is 0.601. The predicted molar refractivity (Wildman–Crippen MR) is 105 cm³/mol. The molecule has 2 fully saturated rings. The largest absolute Gasteiger partial charge is 0.353 e. The summed E-state index contributed by atoms with van der Waals surface area (Å²) in [6, 6.07) is 0.169. The van der Waals surface area contributed by atoms with Crippen molar-refractivity contribution in [3.63, 3.8) is 0 Å². The molecule has 9 heteroatoms. The summed E-state index contributed by atoms with van der Waals surface area (Å²) in [4.78, 5) is 28.7. The second kappa shape index (κ2) is 9.34. The fourth-order valence-electron chi connectivity index (χ4n) is 3.42. The lowest BCUT2D eigenvalue weighted by Gasteiger charge is -2.36. The lowest BCUT2D eigenvalue weighted by Crippen LogP contribution is -2.53. The van der Waals surface area contributed by atoms with Crippen molar-refractivity contribution in [3.8, 4) is 0 Å². The molecular weight excluding hydrogens is 368 g/mol. The summed E-state index contributed by atoms with van der Waals surface area (Å²) in [6.45, 7) is 9.64. The zero-order valence-corrected chi connectivity index (χ0v) is 17.8. The van der Waals surface area contributed by atoms with Crippen molar-refractivity contribution in [2.45, 2.75) is 39.7 Å². The molecular formula is C18H34N4O4S. The molecule has 2 aliphatic rings. The molecule has 0 bridgehead atoms. The Labute approximate surface area is 163 Å². The van der Waals surface area contributed by atoms with Crippen LogP contribution in [0.4, 0.5) is 0 Å². The van der Waals surface area contributed by atoms with Crippen LogP contribution >= 0.6 is 0 Å². The van der Waals surface area contributed by atoms with Gasteiger partial charge in [-0.15, -0.1) is 0 Å². The van der Waals surface area contributed by atoms with Gasteiger partial charge in [-0.2, -0.15) is 4.31 Å². The van der Waals surface area contributed by atoms with Crippen molar-refractivity contribution in [1.82, 2.24) is 19.4 Å². The summed E-state index contributed by atoms with van der Waals surface area (Å²) in [7, 11) is -3.18. The highest BCUT2D eigenvalue weighted by Gasteiger charge is 2.30. The third-order valence-corrected chi connectivity index (χ3v) is 7.05. The molecule has 1 atom stereocenters. The van der Waals surface area contributed by atoms with Gasteiger partial charge in [0, 0.05) is 38.1 Å². The van der Waals surface area contributed by atoms with Gasteiger partial charge in [0.15, 0.2) is 0 Å². The number of hydrogen-bond donors (Lipinski definition) is 1. The summed E-state index contributed by atoms with van der Waals surface area (Å²) >= 11 is 0. The topological polar surface area (TPSA) is 90.0 Å². The number of likely N-dealkylation sites (tertiary alicyclic amines) is 1. The molecule has 2 saturated heterocycles. The number of amides is 2. The van der Waals surface area contributed by atoms with Crippen LogP contribution in [0.5, 0.6) is 0 Å². The number of rotatable bonds is 6. The minimum Gasteiger partial charge on any atom is -0.353 e. The van der Waals surface area contributed by atoms with E-state index < -0.39 is 10.0 Å². The average Bonchev–Trinajstić information content (AvgIpc) is 2.61. The van der Waals surface area contributed by atoms with Crippen molar-refractivity contribution in [2.24, 2.45) is 11.8 Å². The van der Waals surface area contributed by atoms with E-state index in [-0.39, 0.29) is 23.8 Å². The molecule has 2 rings (SSSR count). The van der Waals surface area contributed by atoms with Crippen LogP contribution in [0, 0.1) is 11.8 Å². The predicted octanol–water partition coefficient (Wildman–Crippen LogP) is -0.0371. The van der Waals surface area contributed by atoms with Crippen LogP contribution in [0.2, 0.25) is 0 Å². The maximum Gasteiger partial charge on any atom is 0.236 e. The number of carbonyl (C=O) groups excluding carboxylic acids is 2. The molecule has 1 unspecified atom stereocenters. The molecule has 2 heterocycles. The Bertz CT molecular complexity index is 621. The standard InChI is InChI=1S/C18H34N4O4S/c1-14(2)15(3)19-18(24)16-5-7-20(8-6-16)13-17(23)21-9-11-22(12-10-21)27(4,25)26/h14-16H,5-13H2,1-4H3,(H,19,24). The normalized spacial score (nSPS) is 22.0. The zero-order valence-electron chi connectivity index (χ0n) is 17.0. The maximum atomic E-state index is 12.5. The van der Waals surface area contributed by atoms with Crippen molar-refractivity contribution < 1.29 is 18.0 Å².